The van der Waals surface area contributed by atoms with Crippen LogP contribution in [0.2, 0.25) is 0 Å². The number of nitrogens with zero attached hydrogens (tertiary/aromatic N) is 2. The highest BCUT2D eigenvalue weighted by molar-refractivity contribution is 7.99. The van der Waals surface area contributed by atoms with Crippen LogP contribution in [0.5, 0.6) is 0 Å². The van der Waals surface area contributed by atoms with Crippen LogP contribution in [-0.4, -0.2) is 28.0 Å². The largest absolute Gasteiger partial charge is 0.378 e. The van der Waals surface area contributed by atoms with Crippen LogP contribution < -0.4 is 11.1 Å². The van der Waals surface area contributed by atoms with E-state index in [0.29, 0.717) is 11.7 Å². The van der Waals surface area contributed by atoms with Gasteiger partial charge in [-0.2, -0.15) is 11.8 Å². The maximum Gasteiger partial charge on any atom is 0.311 e. The topological polar surface area (TPSA) is 94.1 Å². The summed E-state index contributed by atoms with van der Waals surface area (Å²) in [7, 11) is 0. The fraction of sp³-hybridized carbons (Fsp3) is 0.545. The van der Waals surface area contributed by atoms with E-state index in [-0.39, 0.29) is 11.5 Å². The van der Waals surface area contributed by atoms with E-state index in [1.807, 2.05) is 11.8 Å². The number of hydrogen-bond acceptors (Lipinski definition) is 6. The van der Waals surface area contributed by atoms with Crippen molar-refractivity contribution in [3.63, 3.8) is 0 Å². The van der Waals surface area contributed by atoms with Gasteiger partial charge in [-0.05, 0) is 36.3 Å². The molecule has 6 nitrogen and oxygen atoms in total. The molecule has 0 spiro atoms. The molecule has 2 rings (SSSR count). The highest BCUT2D eigenvalue weighted by Gasteiger charge is 2.15. The molecule has 1 saturated heterocycles. The van der Waals surface area contributed by atoms with Gasteiger partial charge in [0.05, 0.1) is 4.92 Å². The van der Waals surface area contributed by atoms with Gasteiger partial charge >= 0.3 is 5.69 Å². The summed E-state index contributed by atoms with van der Waals surface area (Å²) in [5.41, 5.74) is 5.39. The van der Waals surface area contributed by atoms with Gasteiger partial charge in [0.2, 0.25) is 5.82 Å². The average Bonchev–Trinajstić information content (AvgIpc) is 2.37. The van der Waals surface area contributed by atoms with Crippen molar-refractivity contribution >= 4 is 29.1 Å². The van der Waals surface area contributed by atoms with E-state index >= 15 is 0 Å². The molecular weight excluding hydrogens is 252 g/mol. The Morgan fingerprint density at radius 1 is 1.50 bits per heavy atom. The molecule has 2 heterocycles. The zero-order valence-electron chi connectivity index (χ0n) is 9.96. The van der Waals surface area contributed by atoms with E-state index in [1.165, 1.54) is 30.4 Å². The van der Waals surface area contributed by atoms with Crippen LogP contribution in [0.25, 0.3) is 0 Å². The first-order chi connectivity index (χ1) is 8.66. The maximum atomic E-state index is 10.6. The summed E-state index contributed by atoms with van der Waals surface area (Å²) >= 11 is 1.99. The fourth-order valence-corrected chi connectivity index (χ4v) is 3.12. The van der Waals surface area contributed by atoms with Crippen molar-refractivity contribution in [1.82, 2.24) is 4.98 Å². The lowest BCUT2D eigenvalue weighted by Gasteiger charge is -2.21. The summed E-state index contributed by atoms with van der Waals surface area (Å²) in [5.74, 6) is 3.65. The SMILES string of the molecule is Nc1nc(NCC2CCSCC2)ccc1[N+](=O)[O-]. The summed E-state index contributed by atoms with van der Waals surface area (Å²) in [4.78, 5) is 14.1. The third-order valence-corrected chi connectivity index (χ3v) is 4.06. The zero-order valence-corrected chi connectivity index (χ0v) is 10.8. The van der Waals surface area contributed by atoms with Crippen LogP contribution in [0, 0.1) is 16.0 Å². The number of aromatic nitrogens is 1. The molecule has 1 aromatic rings. The van der Waals surface area contributed by atoms with Crippen molar-refractivity contribution in [3.8, 4) is 0 Å². The second-order valence-corrected chi connectivity index (χ2v) is 5.52. The quantitative estimate of drug-likeness (QED) is 0.641. The molecule has 0 aromatic carbocycles. The minimum absolute atomic E-state index is 0.0378. The summed E-state index contributed by atoms with van der Waals surface area (Å²) in [6, 6.07) is 2.99. The summed E-state index contributed by atoms with van der Waals surface area (Å²) in [6.07, 6.45) is 2.42. The molecule has 0 aliphatic carbocycles. The highest BCUT2D eigenvalue weighted by Crippen LogP contribution is 2.24. The van der Waals surface area contributed by atoms with Gasteiger partial charge in [-0.15, -0.1) is 0 Å². The normalized spacial score (nSPS) is 16.4. The number of hydrogen-bond donors (Lipinski definition) is 2. The van der Waals surface area contributed by atoms with Crippen molar-refractivity contribution in [3.05, 3.63) is 22.2 Å². The molecule has 0 saturated carbocycles. The molecule has 0 bridgehead atoms. The summed E-state index contributed by atoms with van der Waals surface area (Å²) < 4.78 is 0. The zero-order chi connectivity index (χ0) is 13.0. The maximum absolute atomic E-state index is 10.6. The van der Waals surface area contributed by atoms with Gasteiger partial charge in [0.25, 0.3) is 0 Å². The molecular formula is C11H16N4O2S. The van der Waals surface area contributed by atoms with Gasteiger partial charge in [0.1, 0.15) is 5.82 Å². The minimum Gasteiger partial charge on any atom is -0.378 e. The number of nitrogen functional groups attached to an aromatic ring is 1. The molecule has 1 fully saturated rings. The van der Waals surface area contributed by atoms with E-state index in [2.05, 4.69) is 10.3 Å². The van der Waals surface area contributed by atoms with Gasteiger partial charge in [0, 0.05) is 12.6 Å². The predicted molar refractivity (Wildman–Crippen MR) is 73.8 cm³/mol. The lowest BCUT2D eigenvalue weighted by atomic mass is 10.0. The number of nitro groups is 1. The smallest absolute Gasteiger partial charge is 0.311 e. The molecule has 98 valence electrons. The van der Waals surface area contributed by atoms with Crippen molar-refractivity contribution < 1.29 is 4.92 Å². The highest BCUT2D eigenvalue weighted by atomic mass is 32.2. The molecule has 1 aliphatic rings. The van der Waals surface area contributed by atoms with E-state index in [0.717, 1.165) is 6.54 Å². The standard InChI is InChI=1S/C11H16N4O2S/c12-11-9(15(16)17)1-2-10(14-11)13-7-8-3-5-18-6-4-8/h1-2,8H,3-7H2,(H3,12,13,14). The summed E-state index contributed by atoms with van der Waals surface area (Å²) in [5, 5.41) is 13.8. The van der Waals surface area contributed by atoms with Crippen molar-refractivity contribution in [1.29, 1.82) is 0 Å². The number of pyridine rings is 1. The number of rotatable bonds is 4. The van der Waals surface area contributed by atoms with Gasteiger partial charge < -0.3 is 11.1 Å². The molecule has 18 heavy (non-hydrogen) atoms. The Balaban J connectivity index is 1.93. The van der Waals surface area contributed by atoms with Crippen molar-refractivity contribution in [2.45, 2.75) is 12.8 Å². The van der Waals surface area contributed by atoms with Crippen molar-refractivity contribution in [2.24, 2.45) is 5.92 Å². The van der Waals surface area contributed by atoms with E-state index in [1.54, 1.807) is 6.07 Å². The monoisotopic (exact) mass is 268 g/mol. The molecule has 0 radical (unpaired) electrons. The van der Waals surface area contributed by atoms with Gasteiger partial charge in [-0.25, -0.2) is 4.98 Å². The van der Waals surface area contributed by atoms with Crippen LogP contribution in [0.4, 0.5) is 17.3 Å². The first-order valence-electron chi connectivity index (χ1n) is 5.89. The van der Waals surface area contributed by atoms with Crippen LogP contribution in [0.15, 0.2) is 12.1 Å². The molecule has 1 aliphatic heterocycles. The van der Waals surface area contributed by atoms with E-state index in [4.69, 9.17) is 5.73 Å². The van der Waals surface area contributed by atoms with Gasteiger partial charge in [-0.1, -0.05) is 0 Å². The Bertz CT molecular complexity index is 435. The predicted octanol–water partition coefficient (Wildman–Crippen LogP) is 2.13. The fourth-order valence-electron chi connectivity index (χ4n) is 1.92. The lowest BCUT2D eigenvalue weighted by molar-refractivity contribution is -0.384. The van der Waals surface area contributed by atoms with E-state index in [9.17, 15) is 10.1 Å². The van der Waals surface area contributed by atoms with Crippen LogP contribution in [0.3, 0.4) is 0 Å². The second kappa shape index (κ2) is 5.90. The molecule has 7 heteroatoms. The number of thioether (sulfide) groups is 1. The lowest BCUT2D eigenvalue weighted by Crippen LogP contribution is -2.19. The van der Waals surface area contributed by atoms with Crippen LogP contribution in [0.1, 0.15) is 12.8 Å². The molecule has 0 atom stereocenters. The minimum atomic E-state index is -0.523. The van der Waals surface area contributed by atoms with Gasteiger partial charge in [-0.3, -0.25) is 10.1 Å². The molecule has 3 N–H and O–H groups in total. The number of nitrogens with two attached hydrogens (primary N) is 1. The Labute approximate surface area is 110 Å². The first kappa shape index (κ1) is 12.9. The van der Waals surface area contributed by atoms with Crippen LogP contribution in [-0.2, 0) is 0 Å². The van der Waals surface area contributed by atoms with Crippen LogP contribution >= 0.6 is 11.8 Å². The molecule has 0 unspecified atom stereocenters. The second-order valence-electron chi connectivity index (χ2n) is 4.29. The van der Waals surface area contributed by atoms with Crippen molar-refractivity contribution in [2.75, 3.05) is 29.1 Å². The Kier molecular flexibility index (Phi) is 4.24. The van der Waals surface area contributed by atoms with E-state index < -0.39 is 4.92 Å². The van der Waals surface area contributed by atoms with Gasteiger partial charge in [0.15, 0.2) is 0 Å². The third kappa shape index (κ3) is 3.25. The first-order valence-corrected chi connectivity index (χ1v) is 7.05. The Morgan fingerprint density at radius 2 is 2.22 bits per heavy atom. The third-order valence-electron chi connectivity index (χ3n) is 3.01. The average molecular weight is 268 g/mol. The molecule has 0 amide bonds. The number of nitrogens with one attached hydrogen (secondary N) is 1. The molecule has 1 aromatic heterocycles. The summed E-state index contributed by atoms with van der Waals surface area (Å²) in [6.45, 7) is 0.852. The number of anilines is 2. The Hall–Kier alpha value is -1.50. The Morgan fingerprint density at radius 3 is 2.83 bits per heavy atom.